The van der Waals surface area contributed by atoms with Crippen molar-refractivity contribution in [2.75, 3.05) is 0 Å². The number of benzene rings is 6. The monoisotopic (exact) mass is 866 g/mol. The molecule has 6 aromatic carbocycles. The van der Waals surface area contributed by atoms with Crippen molar-refractivity contribution in [1.29, 1.82) is 0 Å². The van der Waals surface area contributed by atoms with Gasteiger partial charge in [-0.3, -0.25) is 0 Å². The van der Waals surface area contributed by atoms with Gasteiger partial charge in [-0.2, -0.15) is 13.2 Å². The normalized spacial score (nSPS) is 13.4. The van der Waals surface area contributed by atoms with Crippen LogP contribution in [-0.4, -0.2) is 9.13 Å². The first kappa shape index (κ1) is 44.0. The van der Waals surface area contributed by atoms with E-state index in [1.807, 2.05) is 156 Å². The summed E-state index contributed by atoms with van der Waals surface area (Å²) in [4.78, 5) is 0. The van der Waals surface area contributed by atoms with Gasteiger partial charge in [0.15, 0.2) is 23.3 Å². The van der Waals surface area contributed by atoms with E-state index in [1.165, 1.54) is 9.13 Å². The van der Waals surface area contributed by atoms with Gasteiger partial charge >= 0.3 is 6.18 Å². The summed E-state index contributed by atoms with van der Waals surface area (Å²) in [6.07, 6.45) is -5.05. The van der Waals surface area contributed by atoms with Crippen LogP contribution in [0.5, 0.6) is 0 Å². The van der Waals surface area contributed by atoms with Gasteiger partial charge in [-0.05, 0) is 80.3 Å². The van der Waals surface area contributed by atoms with Crippen LogP contribution in [0.25, 0.3) is 66.1 Å². The van der Waals surface area contributed by atoms with Gasteiger partial charge in [0.25, 0.3) is 0 Å². The second kappa shape index (κ2) is 14.2. The summed E-state index contributed by atoms with van der Waals surface area (Å²) in [5.74, 6) is -11.2. The van der Waals surface area contributed by atoms with Gasteiger partial charge in [-0.25, -0.2) is 22.0 Å². The molecule has 0 N–H and O–H groups in total. The highest BCUT2D eigenvalue weighted by Crippen LogP contribution is 2.48. The Bertz CT molecular complexity index is 2850. The van der Waals surface area contributed by atoms with E-state index < -0.39 is 85.0 Å². The highest BCUT2D eigenvalue weighted by atomic mass is 19.4. The Hall–Kier alpha value is -5.64. The van der Waals surface area contributed by atoms with E-state index >= 15 is 30.7 Å². The maximum atomic E-state index is 16.8. The van der Waals surface area contributed by atoms with E-state index in [-0.39, 0.29) is 0 Å². The Kier molecular flexibility index (Phi) is 9.90. The maximum absolute atomic E-state index is 16.8. The van der Waals surface area contributed by atoms with E-state index in [1.54, 1.807) is 0 Å². The average molecular weight is 867 g/mol. The molecule has 8 rings (SSSR count). The van der Waals surface area contributed by atoms with Gasteiger partial charge < -0.3 is 9.13 Å². The molecule has 63 heavy (non-hydrogen) atoms. The van der Waals surface area contributed by atoms with Crippen molar-refractivity contribution in [3.63, 3.8) is 0 Å². The van der Waals surface area contributed by atoms with Gasteiger partial charge in [0, 0.05) is 27.1 Å². The molecule has 0 fully saturated rings. The average Bonchev–Trinajstić information content (AvgIpc) is 3.69. The Morgan fingerprint density at radius 3 is 0.810 bits per heavy atom. The van der Waals surface area contributed by atoms with Crippen LogP contribution in [0.4, 0.5) is 35.1 Å². The topological polar surface area (TPSA) is 9.86 Å². The molecule has 0 aliphatic heterocycles. The lowest BCUT2D eigenvalue weighted by atomic mass is 9.86. The Labute approximate surface area is 362 Å². The summed E-state index contributed by atoms with van der Waals surface area (Å²) >= 11 is 0. The van der Waals surface area contributed by atoms with Gasteiger partial charge in [-0.1, -0.05) is 132 Å². The number of hydrogen-bond acceptors (Lipinski definition) is 0. The van der Waals surface area contributed by atoms with E-state index in [0.717, 1.165) is 34.4 Å². The van der Waals surface area contributed by atoms with Crippen molar-refractivity contribution < 1.29 is 35.1 Å². The predicted octanol–water partition coefficient (Wildman–Crippen LogP) is 16.5. The molecule has 0 atom stereocenters. The minimum Gasteiger partial charge on any atom is -0.309 e. The second-order valence-corrected chi connectivity index (χ2v) is 20.9. The van der Waals surface area contributed by atoms with E-state index in [4.69, 9.17) is 0 Å². The zero-order valence-corrected chi connectivity index (χ0v) is 37.5. The van der Waals surface area contributed by atoms with Crippen molar-refractivity contribution in [3.8, 4) is 22.5 Å². The zero-order chi connectivity index (χ0) is 46.3. The molecule has 0 spiro atoms. The summed E-state index contributed by atoms with van der Waals surface area (Å²) < 4.78 is 130. The number of rotatable bonds is 3. The van der Waals surface area contributed by atoms with Gasteiger partial charge in [0.05, 0.1) is 44.6 Å². The molecule has 0 amide bonds. The van der Waals surface area contributed by atoms with Crippen molar-refractivity contribution in [3.05, 3.63) is 142 Å². The summed E-state index contributed by atoms with van der Waals surface area (Å²) in [7, 11) is 0. The first-order valence-corrected chi connectivity index (χ1v) is 21.0. The third-order valence-electron chi connectivity index (χ3n) is 12.4. The molecule has 8 aromatic rings. The number of aromatic nitrogens is 2. The Morgan fingerprint density at radius 2 is 0.571 bits per heavy atom. The molecule has 0 unspecified atom stereocenters. The summed E-state index contributed by atoms with van der Waals surface area (Å²) in [6, 6.07) is 23.9. The molecule has 2 heterocycles. The summed E-state index contributed by atoms with van der Waals surface area (Å²) in [5.41, 5.74) is -1.15. The molecular formula is C53H50F8N2. The first-order chi connectivity index (χ1) is 29.0. The second-order valence-electron chi connectivity index (χ2n) is 20.9. The first-order valence-electron chi connectivity index (χ1n) is 21.0. The molecule has 0 aliphatic carbocycles. The fourth-order valence-electron chi connectivity index (χ4n) is 8.63. The van der Waals surface area contributed by atoms with Crippen molar-refractivity contribution in [2.24, 2.45) is 0 Å². The van der Waals surface area contributed by atoms with Crippen LogP contribution in [0.1, 0.15) is 111 Å². The third-order valence-corrected chi connectivity index (χ3v) is 12.4. The number of halogens is 8. The SMILES string of the molecule is CC(C)(C)c1ccc2c3ccc(C(C)(C)C)cc3n(-c3cc(C(F)(F)F)cc(-n4c5cc(C(C)(C)C)ccc5c5ccc(C(C)(C)C)cc54)c3-c3c(F)c(F)c(F)c(F)c3F)c2c1. The zero-order valence-electron chi connectivity index (χ0n) is 37.5. The third kappa shape index (κ3) is 7.17. The lowest BCUT2D eigenvalue weighted by molar-refractivity contribution is -0.137. The number of hydrogen-bond donors (Lipinski definition) is 0. The number of alkyl halides is 3. The fourth-order valence-corrected chi connectivity index (χ4v) is 8.63. The summed E-state index contributed by atoms with van der Waals surface area (Å²) in [5, 5.41) is 2.45. The van der Waals surface area contributed by atoms with Crippen LogP contribution < -0.4 is 0 Å². The highest BCUT2D eigenvalue weighted by molar-refractivity contribution is 6.12. The van der Waals surface area contributed by atoms with Crippen LogP contribution in [-0.2, 0) is 27.8 Å². The molecule has 0 aliphatic rings. The fraction of sp³-hybridized carbons (Fsp3) is 0.321. The minimum absolute atomic E-state index is 0.381. The molecular weight excluding hydrogens is 817 g/mol. The Balaban J connectivity index is 1.72. The van der Waals surface area contributed by atoms with E-state index in [2.05, 4.69) is 0 Å². The maximum Gasteiger partial charge on any atom is 0.416 e. The van der Waals surface area contributed by atoms with Gasteiger partial charge in [0.2, 0.25) is 5.82 Å². The molecule has 328 valence electrons. The lowest BCUT2D eigenvalue weighted by Crippen LogP contribution is -2.15. The van der Waals surface area contributed by atoms with Crippen LogP contribution in [0.15, 0.2) is 84.9 Å². The van der Waals surface area contributed by atoms with Crippen LogP contribution in [0.3, 0.4) is 0 Å². The molecule has 2 aromatic heterocycles. The van der Waals surface area contributed by atoms with Gasteiger partial charge in [0.1, 0.15) is 0 Å². The lowest BCUT2D eigenvalue weighted by Gasteiger charge is -2.25. The predicted molar refractivity (Wildman–Crippen MR) is 240 cm³/mol. The van der Waals surface area contributed by atoms with Crippen LogP contribution in [0, 0.1) is 29.1 Å². The van der Waals surface area contributed by atoms with Gasteiger partial charge in [-0.15, -0.1) is 0 Å². The molecule has 0 saturated heterocycles. The largest absolute Gasteiger partial charge is 0.416 e. The van der Waals surface area contributed by atoms with Crippen molar-refractivity contribution >= 4 is 43.6 Å². The molecule has 0 saturated carbocycles. The molecule has 0 radical (unpaired) electrons. The van der Waals surface area contributed by atoms with Crippen molar-refractivity contribution in [2.45, 2.75) is 111 Å². The van der Waals surface area contributed by atoms with E-state index in [9.17, 15) is 4.39 Å². The quantitative estimate of drug-likeness (QED) is 0.0951. The minimum atomic E-state index is -5.05. The van der Waals surface area contributed by atoms with Crippen LogP contribution >= 0.6 is 0 Å². The number of nitrogens with zero attached hydrogens (tertiary/aromatic N) is 2. The van der Waals surface area contributed by atoms with Crippen LogP contribution in [0.2, 0.25) is 0 Å². The molecule has 10 heteroatoms. The molecule has 2 nitrogen and oxygen atoms in total. The van der Waals surface area contributed by atoms with Crippen molar-refractivity contribution in [1.82, 2.24) is 9.13 Å². The van der Waals surface area contributed by atoms with E-state index in [0.29, 0.717) is 43.6 Å². The highest BCUT2D eigenvalue weighted by Gasteiger charge is 2.38. The summed E-state index contributed by atoms with van der Waals surface area (Å²) in [6.45, 7) is 23.7. The number of fused-ring (bicyclic) bond motifs is 6. The Morgan fingerprint density at radius 1 is 0.317 bits per heavy atom. The molecule has 0 bridgehead atoms. The smallest absolute Gasteiger partial charge is 0.309 e. The standard InChI is InChI=1S/C53H50F8N2/c1-49(2,3)27-13-17-32-33-18-14-28(50(4,5)6)22-37(33)62(36(32)21-27)40-25-31(53(59,60)61)26-41(42(40)43-44(54)46(56)48(58)47(57)45(43)55)63-38-23-29(51(7,8)9)15-19-34(38)35-20-16-30(24-39(35)63)52(10,11)12/h13-26H,1-12H3.